The molecule has 0 radical (unpaired) electrons. The Labute approximate surface area is 152 Å². The van der Waals surface area contributed by atoms with Gasteiger partial charge in [0.2, 0.25) is 5.91 Å². The standard InChI is InChI=1S/C20H23N3OS/c1-15(2)17-14-25-18(22-17)10-11-21-20(24)19(23-12-6-7-13-23)16-8-4-3-5-9-16/h3-9,12-15,19H,10-11H2,1-2H3,(H,21,24)/t19-/m0/s1. The maximum Gasteiger partial charge on any atom is 0.247 e. The molecule has 0 aliphatic carbocycles. The highest BCUT2D eigenvalue weighted by molar-refractivity contribution is 7.09. The van der Waals surface area contributed by atoms with Gasteiger partial charge in [-0.05, 0) is 23.6 Å². The molecule has 0 unspecified atom stereocenters. The summed E-state index contributed by atoms with van der Waals surface area (Å²) < 4.78 is 1.94. The molecule has 1 atom stereocenters. The van der Waals surface area contributed by atoms with Gasteiger partial charge in [-0.2, -0.15) is 0 Å². The molecule has 1 aromatic carbocycles. The molecule has 5 heteroatoms. The summed E-state index contributed by atoms with van der Waals surface area (Å²) in [6.45, 7) is 4.87. The van der Waals surface area contributed by atoms with Gasteiger partial charge in [0.05, 0.1) is 10.7 Å². The van der Waals surface area contributed by atoms with E-state index in [1.54, 1.807) is 11.3 Å². The number of benzene rings is 1. The first-order valence-corrected chi connectivity index (χ1v) is 9.42. The Morgan fingerprint density at radius 3 is 2.52 bits per heavy atom. The Kier molecular flexibility index (Phi) is 5.66. The molecule has 0 spiro atoms. The third-order valence-corrected chi connectivity index (χ3v) is 5.02. The van der Waals surface area contributed by atoms with E-state index in [2.05, 4.69) is 29.5 Å². The van der Waals surface area contributed by atoms with Gasteiger partial charge in [-0.3, -0.25) is 4.79 Å². The van der Waals surface area contributed by atoms with E-state index in [1.807, 2.05) is 59.4 Å². The number of thiazole rings is 1. The van der Waals surface area contributed by atoms with Crippen molar-refractivity contribution in [3.05, 3.63) is 76.5 Å². The van der Waals surface area contributed by atoms with Crippen molar-refractivity contribution in [2.45, 2.75) is 32.2 Å². The van der Waals surface area contributed by atoms with E-state index in [0.29, 0.717) is 12.5 Å². The van der Waals surface area contributed by atoms with Gasteiger partial charge in [0.25, 0.3) is 0 Å². The van der Waals surface area contributed by atoms with E-state index in [-0.39, 0.29) is 11.9 Å². The SMILES string of the molecule is CC(C)c1csc(CCNC(=O)[C@H](c2ccccc2)n2cccc2)n1. The molecule has 0 bridgehead atoms. The van der Waals surface area contributed by atoms with Crippen LogP contribution < -0.4 is 5.32 Å². The largest absolute Gasteiger partial charge is 0.354 e. The van der Waals surface area contributed by atoms with E-state index in [0.717, 1.165) is 22.7 Å². The second-order valence-corrected chi connectivity index (χ2v) is 7.25. The van der Waals surface area contributed by atoms with Crippen molar-refractivity contribution < 1.29 is 4.79 Å². The second-order valence-electron chi connectivity index (χ2n) is 6.31. The van der Waals surface area contributed by atoms with E-state index in [9.17, 15) is 4.79 Å². The van der Waals surface area contributed by atoms with Crippen molar-refractivity contribution in [1.82, 2.24) is 14.9 Å². The molecule has 2 aromatic heterocycles. The van der Waals surface area contributed by atoms with E-state index >= 15 is 0 Å². The molecule has 0 saturated heterocycles. The van der Waals surface area contributed by atoms with Gasteiger partial charge in [0, 0.05) is 30.7 Å². The number of carbonyl (C=O) groups excluding carboxylic acids is 1. The number of aromatic nitrogens is 2. The summed E-state index contributed by atoms with van der Waals surface area (Å²) in [7, 11) is 0. The first-order chi connectivity index (χ1) is 12.1. The third kappa shape index (κ3) is 4.37. The van der Waals surface area contributed by atoms with Crippen LogP contribution in [0, 0.1) is 0 Å². The first kappa shape index (κ1) is 17.4. The second kappa shape index (κ2) is 8.12. The van der Waals surface area contributed by atoms with E-state index in [1.165, 1.54) is 0 Å². The zero-order valence-electron chi connectivity index (χ0n) is 14.6. The van der Waals surface area contributed by atoms with Gasteiger partial charge in [-0.25, -0.2) is 4.98 Å². The highest BCUT2D eigenvalue weighted by atomic mass is 32.1. The van der Waals surface area contributed by atoms with Crippen LogP contribution in [-0.2, 0) is 11.2 Å². The molecule has 1 amide bonds. The molecular formula is C20H23N3OS. The van der Waals surface area contributed by atoms with Crippen molar-refractivity contribution in [1.29, 1.82) is 0 Å². The van der Waals surface area contributed by atoms with Crippen molar-refractivity contribution in [2.24, 2.45) is 0 Å². The lowest BCUT2D eigenvalue weighted by Crippen LogP contribution is -2.34. The highest BCUT2D eigenvalue weighted by Crippen LogP contribution is 2.20. The zero-order chi connectivity index (χ0) is 17.6. The molecule has 130 valence electrons. The minimum absolute atomic E-state index is 0.00281. The topological polar surface area (TPSA) is 46.9 Å². The Hall–Kier alpha value is -2.40. The quantitative estimate of drug-likeness (QED) is 0.697. The number of carbonyl (C=O) groups is 1. The molecule has 3 rings (SSSR count). The van der Waals surface area contributed by atoms with Crippen LogP contribution in [0.1, 0.15) is 42.1 Å². The fraction of sp³-hybridized carbons (Fsp3) is 0.300. The summed E-state index contributed by atoms with van der Waals surface area (Å²) >= 11 is 1.66. The van der Waals surface area contributed by atoms with Crippen LogP contribution in [-0.4, -0.2) is 22.0 Å². The number of hydrogen-bond acceptors (Lipinski definition) is 3. The maximum absolute atomic E-state index is 12.8. The fourth-order valence-electron chi connectivity index (χ4n) is 2.71. The van der Waals surface area contributed by atoms with Crippen molar-refractivity contribution in [3.8, 4) is 0 Å². The first-order valence-electron chi connectivity index (χ1n) is 8.54. The highest BCUT2D eigenvalue weighted by Gasteiger charge is 2.21. The monoisotopic (exact) mass is 353 g/mol. The average molecular weight is 353 g/mol. The summed E-state index contributed by atoms with van der Waals surface area (Å²) in [6, 6.07) is 13.4. The smallest absolute Gasteiger partial charge is 0.247 e. The van der Waals surface area contributed by atoms with Gasteiger partial charge in [0.15, 0.2) is 0 Å². The summed E-state index contributed by atoms with van der Waals surface area (Å²) in [6.07, 6.45) is 4.61. The summed E-state index contributed by atoms with van der Waals surface area (Å²) in [4.78, 5) is 17.4. The molecule has 0 aliphatic heterocycles. The lowest BCUT2D eigenvalue weighted by atomic mass is 10.1. The molecule has 0 fully saturated rings. The molecule has 4 nitrogen and oxygen atoms in total. The van der Waals surface area contributed by atoms with E-state index in [4.69, 9.17) is 0 Å². The number of nitrogens with zero attached hydrogens (tertiary/aromatic N) is 2. The van der Waals surface area contributed by atoms with Gasteiger partial charge < -0.3 is 9.88 Å². The molecule has 0 saturated carbocycles. The Bertz CT molecular complexity index is 793. The van der Waals surface area contributed by atoms with Crippen LogP contribution >= 0.6 is 11.3 Å². The molecule has 2 heterocycles. The number of rotatable bonds is 7. The van der Waals surface area contributed by atoms with Crippen LogP contribution in [0.5, 0.6) is 0 Å². The maximum atomic E-state index is 12.8. The third-order valence-electron chi connectivity index (χ3n) is 4.09. The van der Waals surface area contributed by atoms with Crippen LogP contribution in [0.3, 0.4) is 0 Å². The zero-order valence-corrected chi connectivity index (χ0v) is 15.4. The van der Waals surface area contributed by atoms with Gasteiger partial charge in [-0.15, -0.1) is 11.3 Å². The average Bonchev–Trinajstić information content (AvgIpc) is 3.28. The number of amides is 1. The minimum Gasteiger partial charge on any atom is -0.354 e. The molecule has 0 aliphatic rings. The normalized spacial score (nSPS) is 12.3. The Morgan fingerprint density at radius 1 is 1.16 bits per heavy atom. The van der Waals surface area contributed by atoms with Crippen LogP contribution in [0.25, 0.3) is 0 Å². The van der Waals surface area contributed by atoms with Crippen molar-refractivity contribution >= 4 is 17.2 Å². The summed E-state index contributed by atoms with van der Waals surface area (Å²) in [5.74, 6) is 0.443. The van der Waals surface area contributed by atoms with Crippen LogP contribution in [0.2, 0.25) is 0 Å². The predicted octanol–water partition coefficient (Wildman–Crippen LogP) is 4.02. The van der Waals surface area contributed by atoms with Gasteiger partial charge in [-0.1, -0.05) is 44.2 Å². The fourth-order valence-corrected chi connectivity index (χ4v) is 3.67. The molecule has 25 heavy (non-hydrogen) atoms. The molecular weight excluding hydrogens is 330 g/mol. The Morgan fingerprint density at radius 2 is 1.88 bits per heavy atom. The van der Waals surface area contributed by atoms with Crippen molar-refractivity contribution in [3.63, 3.8) is 0 Å². The summed E-state index contributed by atoms with van der Waals surface area (Å²) in [5, 5.41) is 6.24. The molecule has 1 N–H and O–H groups in total. The van der Waals surface area contributed by atoms with Crippen molar-refractivity contribution in [2.75, 3.05) is 6.54 Å². The van der Waals surface area contributed by atoms with Crippen LogP contribution in [0.4, 0.5) is 0 Å². The lowest BCUT2D eigenvalue weighted by Gasteiger charge is -2.19. The Balaban J connectivity index is 1.65. The predicted molar refractivity (Wildman–Crippen MR) is 102 cm³/mol. The number of nitrogens with one attached hydrogen (secondary N) is 1. The number of hydrogen-bond donors (Lipinski definition) is 1. The lowest BCUT2D eigenvalue weighted by molar-refractivity contribution is -0.123. The summed E-state index contributed by atoms with van der Waals surface area (Å²) in [5.41, 5.74) is 2.10. The van der Waals surface area contributed by atoms with Gasteiger partial charge in [0.1, 0.15) is 6.04 Å². The van der Waals surface area contributed by atoms with Crippen LogP contribution in [0.15, 0.2) is 60.2 Å². The van der Waals surface area contributed by atoms with Gasteiger partial charge >= 0.3 is 0 Å². The van der Waals surface area contributed by atoms with E-state index < -0.39 is 0 Å². The molecule has 3 aromatic rings. The minimum atomic E-state index is -0.348.